The molecule has 3 rings (SSSR count). The van der Waals surface area contributed by atoms with Gasteiger partial charge in [-0.1, -0.05) is 35.6 Å². The average Bonchev–Trinajstić information content (AvgIpc) is 3.17. The van der Waals surface area contributed by atoms with E-state index in [0.29, 0.717) is 21.1 Å². The summed E-state index contributed by atoms with van der Waals surface area (Å²) < 4.78 is 41.2. The first-order valence-electron chi connectivity index (χ1n) is 8.41. The van der Waals surface area contributed by atoms with Crippen LogP contribution in [0.2, 0.25) is 0 Å². The highest BCUT2D eigenvalue weighted by molar-refractivity contribution is 7.14. The predicted molar refractivity (Wildman–Crippen MR) is 101 cm³/mol. The molecule has 0 bridgehead atoms. The van der Waals surface area contributed by atoms with E-state index in [1.807, 2.05) is 6.07 Å². The molecule has 0 aliphatic rings. The van der Waals surface area contributed by atoms with Crippen molar-refractivity contribution in [3.8, 4) is 22.4 Å². The van der Waals surface area contributed by atoms with Crippen LogP contribution in [0.1, 0.15) is 22.2 Å². The van der Waals surface area contributed by atoms with Crippen molar-refractivity contribution in [1.82, 2.24) is 15.5 Å². The van der Waals surface area contributed by atoms with Gasteiger partial charge < -0.3 is 15.2 Å². The Morgan fingerprint density at radius 3 is 2.60 bits per heavy atom. The molecule has 0 fully saturated rings. The molecule has 0 saturated heterocycles. The molecule has 154 valence electrons. The Labute approximate surface area is 172 Å². The van der Waals surface area contributed by atoms with Crippen molar-refractivity contribution in [3.05, 3.63) is 64.7 Å². The molecule has 30 heavy (non-hydrogen) atoms. The van der Waals surface area contributed by atoms with Crippen LogP contribution in [-0.2, 0) is 6.42 Å². The first kappa shape index (κ1) is 21.1. The highest BCUT2D eigenvalue weighted by Gasteiger charge is 2.31. The van der Waals surface area contributed by atoms with Crippen LogP contribution in [0.4, 0.5) is 18.0 Å². The number of carboxylic acid groups (broad SMARTS) is 1. The Bertz CT molecular complexity index is 1080. The lowest BCUT2D eigenvalue weighted by Crippen LogP contribution is -2.28. The third-order valence-electron chi connectivity index (χ3n) is 3.87. The normalized spacial score (nSPS) is 12.1. The Hall–Kier alpha value is -3.65. The van der Waals surface area contributed by atoms with Crippen molar-refractivity contribution in [1.29, 1.82) is 5.26 Å². The van der Waals surface area contributed by atoms with Gasteiger partial charge in [-0.3, -0.25) is 0 Å². The fourth-order valence-electron chi connectivity index (χ4n) is 2.62. The van der Waals surface area contributed by atoms with Gasteiger partial charge in [0, 0.05) is 5.56 Å². The van der Waals surface area contributed by atoms with Crippen molar-refractivity contribution in [2.75, 3.05) is 0 Å². The van der Waals surface area contributed by atoms with Crippen LogP contribution >= 0.6 is 11.3 Å². The minimum Gasteiger partial charge on any atom is -0.465 e. The van der Waals surface area contributed by atoms with Gasteiger partial charge in [-0.2, -0.15) is 5.26 Å². The van der Waals surface area contributed by atoms with E-state index in [1.54, 1.807) is 30.3 Å². The summed E-state index contributed by atoms with van der Waals surface area (Å²) in [6, 6.07) is 13.2. The minimum atomic E-state index is -4.82. The molecule has 0 aliphatic heterocycles. The van der Waals surface area contributed by atoms with Crippen LogP contribution in [0.25, 0.3) is 10.6 Å². The fraction of sp³-hybridized carbons (Fsp3) is 0.158. The van der Waals surface area contributed by atoms with Crippen LogP contribution < -0.4 is 10.1 Å². The molecule has 2 aromatic carbocycles. The number of hydrogen-bond acceptors (Lipinski definition) is 6. The van der Waals surface area contributed by atoms with E-state index >= 15 is 0 Å². The number of rotatable bonds is 6. The summed E-state index contributed by atoms with van der Waals surface area (Å²) >= 11 is 1.05. The molecule has 0 aliphatic carbocycles. The van der Waals surface area contributed by atoms with Gasteiger partial charge in [0.25, 0.3) is 0 Å². The third-order valence-corrected chi connectivity index (χ3v) is 4.96. The summed E-state index contributed by atoms with van der Waals surface area (Å²) in [5.41, 5.74) is 1.60. The predicted octanol–water partition coefficient (Wildman–Crippen LogP) is 4.53. The smallest absolute Gasteiger partial charge is 0.465 e. The molecule has 11 heteroatoms. The maximum Gasteiger partial charge on any atom is 0.573 e. The van der Waals surface area contributed by atoms with Crippen molar-refractivity contribution in [2.45, 2.75) is 18.8 Å². The molecule has 0 spiro atoms. The number of benzene rings is 2. The zero-order valence-electron chi connectivity index (χ0n) is 15.1. The monoisotopic (exact) mass is 434 g/mol. The molecule has 1 unspecified atom stereocenters. The molecule has 0 radical (unpaired) electrons. The fourth-order valence-corrected chi connectivity index (χ4v) is 3.51. The van der Waals surface area contributed by atoms with E-state index in [4.69, 9.17) is 10.4 Å². The van der Waals surface area contributed by atoms with Gasteiger partial charge in [-0.05, 0) is 36.2 Å². The maximum atomic E-state index is 12.4. The first-order chi connectivity index (χ1) is 14.2. The van der Waals surface area contributed by atoms with Crippen molar-refractivity contribution >= 4 is 17.4 Å². The SMILES string of the molecule is N#Cc1ccc(CC(NC(=O)O)c2nnc(-c3cccc(OC(F)(F)F)c3)s2)cc1. The maximum absolute atomic E-state index is 12.4. The van der Waals surface area contributed by atoms with E-state index in [0.717, 1.165) is 16.9 Å². The van der Waals surface area contributed by atoms with Gasteiger partial charge in [0.2, 0.25) is 0 Å². The van der Waals surface area contributed by atoms with Crippen molar-refractivity contribution < 1.29 is 27.8 Å². The zero-order chi connectivity index (χ0) is 21.7. The highest BCUT2D eigenvalue weighted by Crippen LogP contribution is 2.32. The summed E-state index contributed by atoms with van der Waals surface area (Å²) in [5, 5.41) is 29.0. The molecule has 1 amide bonds. The Kier molecular flexibility index (Phi) is 6.17. The summed E-state index contributed by atoms with van der Waals surface area (Å²) in [6.07, 6.45) is -5.82. The second-order valence-corrected chi connectivity index (χ2v) is 7.05. The summed E-state index contributed by atoms with van der Waals surface area (Å²) in [5.74, 6) is -0.394. The number of nitriles is 1. The molecule has 2 N–H and O–H groups in total. The Balaban J connectivity index is 1.84. The molecule has 1 atom stereocenters. The Morgan fingerprint density at radius 2 is 1.97 bits per heavy atom. The Morgan fingerprint density at radius 1 is 1.23 bits per heavy atom. The standard InChI is InChI=1S/C19H13F3N4O3S/c20-19(21,22)29-14-3-1-2-13(9-14)16-25-26-17(30-16)15(24-18(27)28)8-11-4-6-12(10-23)7-5-11/h1-7,9,15,24H,8H2,(H,27,28). The van der Waals surface area contributed by atoms with E-state index in [1.165, 1.54) is 18.2 Å². The molecular formula is C19H13F3N4O3S. The lowest BCUT2D eigenvalue weighted by molar-refractivity contribution is -0.274. The largest absolute Gasteiger partial charge is 0.573 e. The van der Waals surface area contributed by atoms with E-state index < -0.39 is 24.2 Å². The molecule has 1 heterocycles. The van der Waals surface area contributed by atoms with Crippen LogP contribution in [-0.4, -0.2) is 27.8 Å². The third kappa shape index (κ3) is 5.68. The molecule has 1 aromatic heterocycles. The number of aromatic nitrogens is 2. The van der Waals surface area contributed by atoms with Gasteiger partial charge in [0.05, 0.1) is 17.7 Å². The number of halogens is 3. The van der Waals surface area contributed by atoms with Gasteiger partial charge in [0.15, 0.2) is 0 Å². The van der Waals surface area contributed by atoms with Crippen molar-refractivity contribution in [2.24, 2.45) is 0 Å². The minimum absolute atomic E-state index is 0.254. The van der Waals surface area contributed by atoms with Gasteiger partial charge >= 0.3 is 12.5 Å². The van der Waals surface area contributed by atoms with Crippen LogP contribution in [0.5, 0.6) is 5.75 Å². The number of carbonyl (C=O) groups is 1. The van der Waals surface area contributed by atoms with Crippen LogP contribution in [0, 0.1) is 11.3 Å². The number of ether oxygens (including phenoxy) is 1. The number of hydrogen-bond donors (Lipinski definition) is 2. The molecule has 7 nitrogen and oxygen atoms in total. The quantitative estimate of drug-likeness (QED) is 0.590. The van der Waals surface area contributed by atoms with Crippen LogP contribution in [0.15, 0.2) is 48.5 Å². The van der Waals surface area contributed by atoms with E-state index in [9.17, 15) is 18.0 Å². The van der Waals surface area contributed by atoms with E-state index in [-0.39, 0.29) is 6.42 Å². The number of alkyl halides is 3. The number of amides is 1. The average molecular weight is 434 g/mol. The topological polar surface area (TPSA) is 108 Å². The van der Waals surface area contributed by atoms with Crippen LogP contribution in [0.3, 0.4) is 0 Å². The first-order valence-corrected chi connectivity index (χ1v) is 9.23. The van der Waals surface area contributed by atoms with Gasteiger partial charge in [0.1, 0.15) is 15.8 Å². The highest BCUT2D eigenvalue weighted by atomic mass is 32.1. The molecular weight excluding hydrogens is 421 g/mol. The second kappa shape index (κ2) is 8.79. The van der Waals surface area contributed by atoms with Gasteiger partial charge in [-0.15, -0.1) is 23.4 Å². The van der Waals surface area contributed by atoms with Gasteiger partial charge in [-0.25, -0.2) is 4.79 Å². The summed E-state index contributed by atoms with van der Waals surface area (Å²) in [6.45, 7) is 0. The van der Waals surface area contributed by atoms with Crippen molar-refractivity contribution in [3.63, 3.8) is 0 Å². The number of nitrogens with one attached hydrogen (secondary N) is 1. The lowest BCUT2D eigenvalue weighted by atomic mass is 10.0. The zero-order valence-corrected chi connectivity index (χ0v) is 15.9. The van der Waals surface area contributed by atoms with E-state index in [2.05, 4.69) is 20.3 Å². The lowest BCUT2D eigenvalue weighted by Gasteiger charge is -2.14. The number of nitrogens with zero attached hydrogens (tertiary/aromatic N) is 3. The molecule has 0 saturated carbocycles. The summed E-state index contributed by atoms with van der Waals surface area (Å²) in [4.78, 5) is 11.2. The summed E-state index contributed by atoms with van der Waals surface area (Å²) in [7, 11) is 0. The second-order valence-electron chi connectivity index (χ2n) is 6.04. The molecule has 3 aromatic rings.